The minimum Gasteiger partial charge on any atom is -0.379 e. The van der Waals surface area contributed by atoms with Crippen molar-refractivity contribution >= 4 is 53.1 Å². The van der Waals surface area contributed by atoms with Crippen molar-refractivity contribution in [3.63, 3.8) is 0 Å². The van der Waals surface area contributed by atoms with Crippen LogP contribution >= 0.6 is 47.2 Å². The molecule has 0 saturated carbocycles. The molecule has 0 radical (unpaired) electrons. The molecule has 0 bridgehead atoms. The number of nitrogens with one attached hydrogen (secondary N) is 1. The highest BCUT2D eigenvalue weighted by molar-refractivity contribution is 6.76. The van der Waals surface area contributed by atoms with Gasteiger partial charge in [-0.05, 0) is 13.0 Å². The summed E-state index contributed by atoms with van der Waals surface area (Å²) in [4.78, 5) is 13.5. The molecular weight excluding hydrogens is 310 g/mol. The summed E-state index contributed by atoms with van der Waals surface area (Å²) in [7, 11) is 0. The van der Waals surface area contributed by atoms with E-state index in [0.29, 0.717) is 6.54 Å². The fourth-order valence-corrected chi connectivity index (χ4v) is 1.63. The predicted octanol–water partition coefficient (Wildman–Crippen LogP) is 1.62. The van der Waals surface area contributed by atoms with Gasteiger partial charge in [-0.1, -0.05) is 34.8 Å². The van der Waals surface area contributed by atoms with Crippen LogP contribution in [0.25, 0.3) is 0 Å². The van der Waals surface area contributed by atoms with E-state index in [2.05, 4.69) is 10.2 Å². The van der Waals surface area contributed by atoms with E-state index >= 15 is 0 Å². The van der Waals surface area contributed by atoms with E-state index in [4.69, 9.17) is 39.5 Å². The highest BCUT2D eigenvalue weighted by atomic mass is 35.6. The number of hydrogen-bond donors (Lipinski definition) is 1. The first-order chi connectivity index (χ1) is 7.50. The maximum Gasteiger partial charge on any atom is 0.272 e. The van der Waals surface area contributed by atoms with Crippen molar-refractivity contribution in [2.45, 2.75) is 10.2 Å². The lowest BCUT2D eigenvalue weighted by Gasteiger charge is -2.26. The summed E-state index contributed by atoms with van der Waals surface area (Å²) in [6.07, 6.45) is 0.840. The lowest BCUT2D eigenvalue weighted by molar-refractivity contribution is -0.120. The van der Waals surface area contributed by atoms with Gasteiger partial charge >= 0.3 is 0 Å². The molecule has 1 heterocycles. The fourth-order valence-electron chi connectivity index (χ4n) is 1.43. The Hall–Kier alpha value is 0.550. The lowest BCUT2D eigenvalue weighted by Crippen LogP contribution is -2.39. The third-order valence-electron chi connectivity index (χ3n) is 2.30. The number of nitrogens with zero attached hydrogens (tertiary/aromatic N) is 1. The van der Waals surface area contributed by atoms with Gasteiger partial charge in [0.1, 0.15) is 0 Å². The van der Waals surface area contributed by atoms with Crippen LogP contribution in [0.2, 0.25) is 0 Å². The zero-order valence-corrected chi connectivity index (χ0v) is 12.3. The summed E-state index contributed by atoms with van der Waals surface area (Å²) in [5.74, 6) is -0.570. The number of carbonyl (C=O) groups is 1. The van der Waals surface area contributed by atoms with Gasteiger partial charge in [0.25, 0.3) is 9.70 Å². The molecule has 1 aliphatic heterocycles. The molecule has 1 saturated heterocycles. The van der Waals surface area contributed by atoms with Crippen molar-refractivity contribution in [3.8, 4) is 0 Å². The van der Waals surface area contributed by atoms with Gasteiger partial charge in [0.2, 0.25) is 0 Å². The molecule has 102 valence electrons. The van der Waals surface area contributed by atoms with Crippen LogP contribution in [0.5, 0.6) is 0 Å². The summed E-state index contributed by atoms with van der Waals surface area (Å²) in [5.41, 5.74) is 0. The van der Waals surface area contributed by atoms with Crippen LogP contribution < -0.4 is 5.32 Å². The molecule has 1 rings (SSSR count). The van der Waals surface area contributed by atoms with E-state index in [1.807, 2.05) is 0 Å². The number of carbonyl (C=O) groups excluding carboxylic acids is 1. The average Bonchev–Trinajstić information content (AvgIpc) is 2.24. The molecule has 0 aliphatic carbocycles. The Balaban J connectivity index is 0.00000256. The quantitative estimate of drug-likeness (QED) is 0.631. The second kappa shape index (κ2) is 8.62. The van der Waals surface area contributed by atoms with Crippen molar-refractivity contribution < 1.29 is 9.53 Å². The number of amides is 1. The molecule has 0 unspecified atom stereocenters. The third kappa shape index (κ3) is 7.54. The Morgan fingerprint density at radius 2 is 1.88 bits per heavy atom. The SMILES string of the molecule is Cl.O=C(NCCCN1CCOCC1)C(Cl)(Cl)Cl. The normalized spacial score (nSPS) is 17.4. The van der Waals surface area contributed by atoms with E-state index in [1.165, 1.54) is 0 Å². The maximum absolute atomic E-state index is 11.2. The van der Waals surface area contributed by atoms with E-state index in [1.54, 1.807) is 0 Å². The summed E-state index contributed by atoms with van der Waals surface area (Å²) in [5, 5.41) is 2.57. The molecule has 1 aliphatic rings. The van der Waals surface area contributed by atoms with Crippen molar-refractivity contribution in [2.75, 3.05) is 39.4 Å². The van der Waals surface area contributed by atoms with Crippen molar-refractivity contribution in [2.24, 2.45) is 0 Å². The molecule has 17 heavy (non-hydrogen) atoms. The number of morpholine rings is 1. The second-order valence-corrected chi connectivity index (χ2v) is 5.84. The largest absolute Gasteiger partial charge is 0.379 e. The Morgan fingerprint density at radius 3 is 2.41 bits per heavy atom. The highest BCUT2D eigenvalue weighted by Crippen LogP contribution is 2.25. The Kier molecular flexibility index (Phi) is 8.90. The molecule has 0 aromatic rings. The standard InChI is InChI=1S/C9H15Cl3N2O2.ClH/c10-9(11,12)8(15)13-2-1-3-14-4-6-16-7-5-14;/h1-7H2,(H,13,15);1H. The first kappa shape index (κ1) is 17.6. The third-order valence-corrected chi connectivity index (χ3v) is 2.81. The smallest absolute Gasteiger partial charge is 0.272 e. The summed E-state index contributed by atoms with van der Waals surface area (Å²) in [6.45, 7) is 4.88. The average molecular weight is 326 g/mol. The molecule has 1 amide bonds. The summed E-state index contributed by atoms with van der Waals surface area (Å²) in [6, 6.07) is 0. The summed E-state index contributed by atoms with van der Waals surface area (Å²) < 4.78 is 3.36. The molecule has 4 nitrogen and oxygen atoms in total. The number of ether oxygens (including phenoxy) is 1. The van der Waals surface area contributed by atoms with Gasteiger partial charge in [-0.3, -0.25) is 9.69 Å². The van der Waals surface area contributed by atoms with E-state index in [9.17, 15) is 4.79 Å². The van der Waals surface area contributed by atoms with Crippen LogP contribution in [0.3, 0.4) is 0 Å². The van der Waals surface area contributed by atoms with Gasteiger partial charge in [0, 0.05) is 19.6 Å². The van der Waals surface area contributed by atoms with Crippen LogP contribution in [0.15, 0.2) is 0 Å². The number of hydrogen-bond acceptors (Lipinski definition) is 3. The van der Waals surface area contributed by atoms with Crippen LogP contribution in [-0.2, 0) is 9.53 Å². The van der Waals surface area contributed by atoms with Gasteiger partial charge in [-0.25, -0.2) is 0 Å². The topological polar surface area (TPSA) is 41.6 Å². The van der Waals surface area contributed by atoms with Crippen LogP contribution in [0, 0.1) is 0 Å². The zero-order valence-electron chi connectivity index (χ0n) is 9.26. The molecule has 0 aromatic carbocycles. The Bertz CT molecular complexity index is 230. The zero-order chi connectivity index (χ0) is 12.0. The number of rotatable bonds is 4. The number of alkyl halides is 3. The number of halogens is 4. The van der Waals surface area contributed by atoms with E-state index < -0.39 is 9.70 Å². The first-order valence-electron chi connectivity index (χ1n) is 5.15. The van der Waals surface area contributed by atoms with Gasteiger partial charge in [0.15, 0.2) is 0 Å². The first-order valence-corrected chi connectivity index (χ1v) is 6.28. The molecule has 1 N–H and O–H groups in total. The van der Waals surface area contributed by atoms with Gasteiger partial charge in [0.05, 0.1) is 13.2 Å². The summed E-state index contributed by atoms with van der Waals surface area (Å²) >= 11 is 16.2. The predicted molar refractivity (Wildman–Crippen MR) is 72.4 cm³/mol. The Labute approximate surface area is 122 Å². The fraction of sp³-hybridized carbons (Fsp3) is 0.889. The molecule has 0 aromatic heterocycles. The van der Waals surface area contributed by atoms with Crippen LogP contribution in [0.1, 0.15) is 6.42 Å². The maximum atomic E-state index is 11.2. The van der Waals surface area contributed by atoms with Crippen LogP contribution in [-0.4, -0.2) is 54.0 Å². The molecule has 0 atom stereocenters. The molecule has 8 heteroatoms. The lowest BCUT2D eigenvalue weighted by atomic mass is 10.3. The minimum absolute atomic E-state index is 0. The highest BCUT2D eigenvalue weighted by Gasteiger charge is 2.29. The molecular formula is C9H16Cl4N2O2. The Morgan fingerprint density at radius 1 is 1.29 bits per heavy atom. The van der Waals surface area contributed by atoms with Crippen molar-refractivity contribution in [3.05, 3.63) is 0 Å². The van der Waals surface area contributed by atoms with E-state index in [0.717, 1.165) is 39.3 Å². The molecule has 0 spiro atoms. The van der Waals surface area contributed by atoms with Gasteiger partial charge in [-0.15, -0.1) is 12.4 Å². The molecule has 1 fully saturated rings. The van der Waals surface area contributed by atoms with Crippen LogP contribution in [0.4, 0.5) is 0 Å². The van der Waals surface area contributed by atoms with Crippen molar-refractivity contribution in [1.29, 1.82) is 0 Å². The monoisotopic (exact) mass is 324 g/mol. The minimum atomic E-state index is -1.86. The van der Waals surface area contributed by atoms with Gasteiger partial charge in [-0.2, -0.15) is 0 Å². The van der Waals surface area contributed by atoms with Gasteiger partial charge < -0.3 is 10.1 Å². The van der Waals surface area contributed by atoms with E-state index in [-0.39, 0.29) is 12.4 Å². The van der Waals surface area contributed by atoms with Crippen molar-refractivity contribution in [1.82, 2.24) is 10.2 Å². The second-order valence-electron chi connectivity index (χ2n) is 3.56.